The van der Waals surface area contributed by atoms with Gasteiger partial charge in [-0.15, -0.1) is 0 Å². The van der Waals surface area contributed by atoms with Gasteiger partial charge in [-0.1, -0.05) is 0 Å². The monoisotopic (exact) mass is 244 g/mol. The predicted octanol–water partition coefficient (Wildman–Crippen LogP) is 0.838. The second kappa shape index (κ2) is 4.46. The molecule has 9 heavy (non-hydrogen) atoms. The van der Waals surface area contributed by atoms with Crippen LogP contribution in [0.2, 0.25) is 0 Å². The Balaban J connectivity index is 3.33. The summed E-state index contributed by atoms with van der Waals surface area (Å²) in [6.07, 6.45) is 0.913. The van der Waals surface area contributed by atoms with Crippen LogP contribution in [-0.2, 0) is 0 Å². The highest BCUT2D eigenvalue weighted by Crippen LogP contribution is 2.01. The summed E-state index contributed by atoms with van der Waals surface area (Å²) in [6, 6.07) is 0. The highest BCUT2D eigenvalue weighted by Gasteiger charge is 2.10. The highest BCUT2D eigenvalue weighted by atomic mass is 127. The predicted molar refractivity (Wildman–Crippen MR) is 47.6 cm³/mol. The number of aliphatic hydroxyl groups is 1. The molecule has 0 aromatic carbocycles. The number of alkyl halides is 1. The lowest BCUT2D eigenvalue weighted by molar-refractivity contribution is -0.874. The molecule has 0 spiro atoms. The van der Waals surface area contributed by atoms with Crippen LogP contribution in [0.5, 0.6) is 0 Å². The van der Waals surface area contributed by atoms with E-state index in [2.05, 4.69) is 36.7 Å². The third-order valence-electron chi connectivity index (χ3n) is 1.25. The Morgan fingerprint density at radius 3 is 2.33 bits per heavy atom. The van der Waals surface area contributed by atoms with Crippen LogP contribution in [0.25, 0.3) is 0 Å². The lowest BCUT2D eigenvalue weighted by Gasteiger charge is -2.26. The summed E-state index contributed by atoms with van der Waals surface area (Å²) in [5, 5.41) is 8.51. The van der Waals surface area contributed by atoms with Gasteiger partial charge in [-0.2, -0.15) is 0 Å². The molecular formula is C6H15INO+. The second-order valence-corrected chi connectivity index (χ2v) is 3.54. The molecule has 0 unspecified atom stereocenters. The lowest BCUT2D eigenvalue weighted by Crippen LogP contribution is -2.39. The fourth-order valence-corrected chi connectivity index (χ4v) is 0.900. The molecule has 0 rings (SSSR count). The Morgan fingerprint density at radius 2 is 2.00 bits per heavy atom. The van der Waals surface area contributed by atoms with Gasteiger partial charge in [-0.05, 0) is 22.6 Å². The standard InChI is InChI=1S/C6H15INO/c1-8(2,6-7)4-3-5-9/h9H,3-6H2,1-2H3/q+1. The van der Waals surface area contributed by atoms with Gasteiger partial charge in [0.2, 0.25) is 0 Å². The molecule has 0 aromatic rings. The van der Waals surface area contributed by atoms with Gasteiger partial charge in [-0.25, -0.2) is 0 Å². The molecule has 0 aliphatic carbocycles. The van der Waals surface area contributed by atoms with Crippen molar-refractivity contribution in [3.05, 3.63) is 0 Å². The quantitative estimate of drug-likeness (QED) is 0.336. The molecule has 0 amide bonds. The van der Waals surface area contributed by atoms with Crippen LogP contribution in [0.15, 0.2) is 0 Å². The number of rotatable bonds is 4. The van der Waals surface area contributed by atoms with E-state index in [1.807, 2.05) is 0 Å². The van der Waals surface area contributed by atoms with E-state index in [1.54, 1.807) is 0 Å². The first-order valence-corrected chi connectivity index (χ1v) is 4.64. The summed E-state index contributed by atoms with van der Waals surface area (Å²) >= 11 is 2.36. The van der Waals surface area contributed by atoms with Crippen molar-refractivity contribution in [2.24, 2.45) is 0 Å². The molecule has 0 heterocycles. The normalized spacial score (nSPS) is 12.0. The van der Waals surface area contributed by atoms with Gasteiger partial charge in [0.1, 0.15) is 4.55 Å². The number of quaternary nitrogens is 1. The van der Waals surface area contributed by atoms with Crippen LogP contribution in [0.4, 0.5) is 0 Å². The topological polar surface area (TPSA) is 20.2 Å². The smallest absolute Gasteiger partial charge is 0.129 e. The first-order chi connectivity index (χ1) is 4.12. The molecule has 0 fully saturated rings. The van der Waals surface area contributed by atoms with E-state index in [-0.39, 0.29) is 0 Å². The second-order valence-electron chi connectivity index (χ2n) is 2.86. The molecule has 0 atom stereocenters. The van der Waals surface area contributed by atoms with Crippen LogP contribution < -0.4 is 0 Å². The van der Waals surface area contributed by atoms with Crippen LogP contribution >= 0.6 is 22.6 Å². The van der Waals surface area contributed by atoms with E-state index < -0.39 is 0 Å². The maximum atomic E-state index is 8.51. The van der Waals surface area contributed by atoms with Crippen LogP contribution in [0.3, 0.4) is 0 Å². The number of halogens is 1. The molecule has 0 saturated heterocycles. The third kappa shape index (κ3) is 5.11. The lowest BCUT2D eigenvalue weighted by atomic mass is 10.4. The van der Waals surface area contributed by atoms with Crippen molar-refractivity contribution in [2.45, 2.75) is 6.42 Å². The highest BCUT2D eigenvalue weighted by molar-refractivity contribution is 14.1. The first-order valence-electron chi connectivity index (χ1n) is 3.11. The van der Waals surface area contributed by atoms with Crippen LogP contribution in [0, 0.1) is 0 Å². The van der Waals surface area contributed by atoms with Gasteiger partial charge in [0.25, 0.3) is 0 Å². The number of hydrogen-bond donors (Lipinski definition) is 1. The van der Waals surface area contributed by atoms with Gasteiger partial charge >= 0.3 is 0 Å². The molecule has 0 radical (unpaired) electrons. The van der Waals surface area contributed by atoms with Crippen molar-refractivity contribution in [3.63, 3.8) is 0 Å². The van der Waals surface area contributed by atoms with Crippen molar-refractivity contribution in [2.75, 3.05) is 31.8 Å². The zero-order valence-electron chi connectivity index (χ0n) is 6.10. The van der Waals surface area contributed by atoms with Crippen LogP contribution in [-0.4, -0.2) is 41.4 Å². The van der Waals surface area contributed by atoms with Crippen molar-refractivity contribution in [3.8, 4) is 0 Å². The summed E-state index contributed by atoms with van der Waals surface area (Å²) in [6.45, 7) is 1.39. The average Bonchev–Trinajstić information content (AvgIpc) is 1.84. The maximum Gasteiger partial charge on any atom is 0.129 e. The van der Waals surface area contributed by atoms with Gasteiger partial charge in [-0.3, -0.25) is 0 Å². The molecular weight excluding hydrogens is 229 g/mol. The van der Waals surface area contributed by atoms with E-state index in [4.69, 9.17) is 5.11 Å². The molecule has 1 N–H and O–H groups in total. The van der Waals surface area contributed by atoms with E-state index in [0.717, 1.165) is 22.0 Å². The van der Waals surface area contributed by atoms with E-state index in [0.29, 0.717) is 6.61 Å². The largest absolute Gasteiger partial charge is 0.396 e. The molecule has 0 saturated carbocycles. The maximum absolute atomic E-state index is 8.51. The summed E-state index contributed by atoms with van der Waals surface area (Å²) in [4.78, 5) is 0. The minimum absolute atomic E-state index is 0.318. The minimum Gasteiger partial charge on any atom is -0.396 e. The van der Waals surface area contributed by atoms with Crippen molar-refractivity contribution >= 4 is 22.6 Å². The Bertz CT molecular complexity index is 75.5. The summed E-state index contributed by atoms with van der Waals surface area (Å²) < 4.78 is 2.11. The minimum atomic E-state index is 0.318. The van der Waals surface area contributed by atoms with Crippen LogP contribution in [0.1, 0.15) is 6.42 Å². The average molecular weight is 244 g/mol. The summed E-state index contributed by atoms with van der Waals surface area (Å²) in [5.41, 5.74) is 0. The SMILES string of the molecule is C[N+](C)(CI)CCCO. The molecule has 56 valence electrons. The zero-order valence-corrected chi connectivity index (χ0v) is 8.26. The number of nitrogens with zero attached hydrogens (tertiary/aromatic N) is 1. The molecule has 3 heteroatoms. The van der Waals surface area contributed by atoms with E-state index in [1.165, 1.54) is 0 Å². The molecule has 0 bridgehead atoms. The molecule has 2 nitrogen and oxygen atoms in total. The Kier molecular flexibility index (Phi) is 4.79. The Hall–Kier alpha value is 0.650. The zero-order chi connectivity index (χ0) is 7.33. The molecule has 0 aromatic heterocycles. The van der Waals surface area contributed by atoms with Crippen molar-refractivity contribution < 1.29 is 9.59 Å². The molecule has 0 aliphatic rings. The summed E-state index contributed by atoms with van der Waals surface area (Å²) in [5.74, 6) is 0. The number of hydrogen-bond acceptors (Lipinski definition) is 1. The Labute approximate surface area is 70.6 Å². The van der Waals surface area contributed by atoms with E-state index >= 15 is 0 Å². The third-order valence-corrected chi connectivity index (χ3v) is 3.09. The Morgan fingerprint density at radius 1 is 1.44 bits per heavy atom. The van der Waals surface area contributed by atoms with Gasteiger partial charge in [0, 0.05) is 13.0 Å². The van der Waals surface area contributed by atoms with Gasteiger partial charge < -0.3 is 9.59 Å². The summed E-state index contributed by atoms with van der Waals surface area (Å²) in [7, 11) is 4.34. The van der Waals surface area contributed by atoms with Crippen molar-refractivity contribution in [1.29, 1.82) is 0 Å². The van der Waals surface area contributed by atoms with Gasteiger partial charge in [0.05, 0.1) is 20.6 Å². The fourth-order valence-electron chi connectivity index (χ4n) is 0.559. The van der Waals surface area contributed by atoms with Gasteiger partial charge in [0.15, 0.2) is 0 Å². The van der Waals surface area contributed by atoms with Crippen molar-refractivity contribution in [1.82, 2.24) is 0 Å². The van der Waals surface area contributed by atoms with E-state index in [9.17, 15) is 0 Å². The fraction of sp³-hybridized carbons (Fsp3) is 1.00. The first kappa shape index (κ1) is 9.65. The molecule has 0 aliphatic heterocycles. The number of aliphatic hydroxyl groups excluding tert-OH is 1.